The largest absolute Gasteiger partial charge is 0.489 e. The molecule has 1 N–H and O–H groups in total. The highest BCUT2D eigenvalue weighted by molar-refractivity contribution is 14.1. The molecule has 100 valence electrons. The molecule has 1 atom stereocenters. The molecular formula is C16H17IO2. The molecule has 19 heavy (non-hydrogen) atoms. The number of hydrogen-bond acceptors (Lipinski definition) is 2. The topological polar surface area (TPSA) is 29.5 Å². The van der Waals surface area contributed by atoms with E-state index in [9.17, 15) is 5.11 Å². The molecule has 2 nitrogen and oxygen atoms in total. The maximum absolute atomic E-state index is 9.71. The molecule has 0 heterocycles. The van der Waals surface area contributed by atoms with Crippen LogP contribution in [-0.4, -0.2) is 5.11 Å². The normalized spacial score (nSPS) is 12.2. The molecule has 0 unspecified atom stereocenters. The second kappa shape index (κ2) is 6.91. The molecule has 0 amide bonds. The molecule has 0 fully saturated rings. The average Bonchev–Trinajstić information content (AvgIpc) is 2.46. The van der Waals surface area contributed by atoms with Gasteiger partial charge in [0.1, 0.15) is 12.4 Å². The molecular weight excluding hydrogens is 351 g/mol. The summed E-state index contributed by atoms with van der Waals surface area (Å²) in [5.41, 5.74) is 2.09. The fourth-order valence-electron chi connectivity index (χ4n) is 1.77. The molecule has 3 heteroatoms. The van der Waals surface area contributed by atoms with Gasteiger partial charge < -0.3 is 9.84 Å². The highest BCUT2D eigenvalue weighted by Crippen LogP contribution is 2.20. The molecule has 2 aromatic carbocycles. The van der Waals surface area contributed by atoms with Crippen LogP contribution < -0.4 is 4.74 Å². The van der Waals surface area contributed by atoms with Crippen molar-refractivity contribution >= 4 is 22.6 Å². The molecule has 0 aromatic heterocycles. The highest BCUT2D eigenvalue weighted by atomic mass is 127. The predicted molar refractivity (Wildman–Crippen MR) is 85.2 cm³/mol. The fourth-order valence-corrected chi connectivity index (χ4v) is 2.13. The van der Waals surface area contributed by atoms with Crippen LogP contribution in [0.25, 0.3) is 0 Å². The van der Waals surface area contributed by atoms with Crippen molar-refractivity contribution in [3.05, 3.63) is 63.2 Å². The van der Waals surface area contributed by atoms with Crippen LogP contribution in [0, 0.1) is 3.57 Å². The number of rotatable bonds is 5. The highest BCUT2D eigenvalue weighted by Gasteiger charge is 2.04. The number of ether oxygens (including phenoxy) is 1. The first-order chi connectivity index (χ1) is 9.19. The monoisotopic (exact) mass is 368 g/mol. The number of aliphatic hydroxyl groups excluding tert-OH is 1. The van der Waals surface area contributed by atoms with Crippen LogP contribution in [-0.2, 0) is 6.61 Å². The number of benzene rings is 2. The van der Waals surface area contributed by atoms with Gasteiger partial charge in [-0.15, -0.1) is 0 Å². The van der Waals surface area contributed by atoms with Crippen molar-refractivity contribution in [1.82, 2.24) is 0 Å². The third kappa shape index (κ3) is 4.21. The number of hydrogen-bond donors (Lipinski definition) is 1. The van der Waals surface area contributed by atoms with E-state index >= 15 is 0 Å². The Balaban J connectivity index is 1.94. The van der Waals surface area contributed by atoms with Crippen LogP contribution in [0.3, 0.4) is 0 Å². The third-order valence-corrected chi connectivity index (χ3v) is 3.69. The van der Waals surface area contributed by atoms with Crippen molar-refractivity contribution in [2.75, 3.05) is 0 Å². The summed E-state index contributed by atoms with van der Waals surface area (Å²) < 4.78 is 6.94. The maximum atomic E-state index is 9.71. The van der Waals surface area contributed by atoms with Gasteiger partial charge in [0.2, 0.25) is 0 Å². The zero-order chi connectivity index (χ0) is 13.7. The van der Waals surface area contributed by atoms with Gasteiger partial charge in [0.05, 0.1) is 6.10 Å². The first-order valence-corrected chi connectivity index (χ1v) is 7.42. The van der Waals surface area contributed by atoms with Gasteiger partial charge in [-0.05, 0) is 64.4 Å². The Bertz CT molecular complexity index is 505. The van der Waals surface area contributed by atoms with Crippen molar-refractivity contribution < 1.29 is 9.84 Å². The van der Waals surface area contributed by atoms with E-state index in [0.717, 1.165) is 23.3 Å². The molecule has 0 spiro atoms. The fraction of sp³-hybridized carbons (Fsp3) is 0.250. The minimum atomic E-state index is -0.384. The van der Waals surface area contributed by atoms with E-state index in [1.54, 1.807) is 0 Å². The van der Waals surface area contributed by atoms with E-state index in [0.29, 0.717) is 6.61 Å². The quantitative estimate of drug-likeness (QED) is 0.797. The minimum Gasteiger partial charge on any atom is -0.489 e. The summed E-state index contributed by atoms with van der Waals surface area (Å²) in [5, 5.41) is 9.71. The molecule has 0 aliphatic heterocycles. The standard InChI is InChI=1S/C16H17IO2/c1-2-16(18)13-5-9-15(10-6-13)19-11-12-3-7-14(17)8-4-12/h3-10,16,18H,2,11H2,1H3/t16-/m1/s1. The molecule has 0 saturated carbocycles. The number of aliphatic hydroxyl groups is 1. The van der Waals surface area contributed by atoms with Crippen LogP contribution in [0.2, 0.25) is 0 Å². The molecule has 0 saturated heterocycles. The van der Waals surface area contributed by atoms with E-state index in [1.807, 2.05) is 31.2 Å². The average molecular weight is 368 g/mol. The summed E-state index contributed by atoms with van der Waals surface area (Å²) in [4.78, 5) is 0. The smallest absolute Gasteiger partial charge is 0.119 e. The van der Waals surface area contributed by atoms with Gasteiger partial charge in [-0.1, -0.05) is 31.2 Å². The zero-order valence-electron chi connectivity index (χ0n) is 10.8. The van der Waals surface area contributed by atoms with E-state index in [1.165, 1.54) is 3.57 Å². The van der Waals surface area contributed by atoms with Crippen molar-refractivity contribution in [2.24, 2.45) is 0 Å². The Hall–Kier alpha value is -1.07. The molecule has 0 aliphatic rings. The predicted octanol–water partition coefficient (Wildman–Crippen LogP) is 4.31. The lowest BCUT2D eigenvalue weighted by molar-refractivity contribution is 0.173. The van der Waals surface area contributed by atoms with E-state index < -0.39 is 0 Å². The summed E-state index contributed by atoms with van der Waals surface area (Å²) in [6, 6.07) is 15.9. The molecule has 2 aromatic rings. The molecule has 0 radical (unpaired) electrons. The molecule has 2 rings (SSSR count). The Morgan fingerprint density at radius 3 is 2.26 bits per heavy atom. The van der Waals surface area contributed by atoms with Gasteiger partial charge in [0.25, 0.3) is 0 Å². The second-order valence-corrected chi connectivity index (χ2v) is 5.65. The van der Waals surface area contributed by atoms with Crippen molar-refractivity contribution in [2.45, 2.75) is 26.1 Å². The van der Waals surface area contributed by atoms with Crippen molar-refractivity contribution in [1.29, 1.82) is 0 Å². The number of halogens is 1. The lowest BCUT2D eigenvalue weighted by Gasteiger charge is -2.10. The second-order valence-electron chi connectivity index (χ2n) is 4.41. The van der Waals surface area contributed by atoms with Crippen LogP contribution in [0.5, 0.6) is 5.75 Å². The first-order valence-electron chi connectivity index (χ1n) is 6.34. The van der Waals surface area contributed by atoms with Crippen molar-refractivity contribution in [3.8, 4) is 5.75 Å². The lowest BCUT2D eigenvalue weighted by Crippen LogP contribution is -1.97. The van der Waals surface area contributed by atoms with Gasteiger partial charge in [0, 0.05) is 3.57 Å². The molecule has 0 bridgehead atoms. The van der Waals surface area contributed by atoms with Gasteiger partial charge >= 0.3 is 0 Å². The maximum Gasteiger partial charge on any atom is 0.119 e. The van der Waals surface area contributed by atoms with Crippen LogP contribution in [0.15, 0.2) is 48.5 Å². The van der Waals surface area contributed by atoms with Crippen molar-refractivity contribution in [3.63, 3.8) is 0 Å². The zero-order valence-corrected chi connectivity index (χ0v) is 13.0. The van der Waals surface area contributed by atoms with E-state index in [-0.39, 0.29) is 6.10 Å². The lowest BCUT2D eigenvalue weighted by atomic mass is 10.1. The summed E-state index contributed by atoms with van der Waals surface area (Å²) in [6.07, 6.45) is 0.341. The van der Waals surface area contributed by atoms with Gasteiger partial charge in [0.15, 0.2) is 0 Å². The van der Waals surface area contributed by atoms with E-state index in [2.05, 4.69) is 46.9 Å². The van der Waals surface area contributed by atoms with Crippen LogP contribution >= 0.6 is 22.6 Å². The third-order valence-electron chi connectivity index (χ3n) is 2.97. The Kier molecular flexibility index (Phi) is 5.22. The van der Waals surface area contributed by atoms with Gasteiger partial charge in [-0.3, -0.25) is 0 Å². The first kappa shape index (κ1) is 14.3. The Morgan fingerprint density at radius 2 is 1.68 bits per heavy atom. The minimum absolute atomic E-state index is 0.384. The summed E-state index contributed by atoms with van der Waals surface area (Å²) in [6.45, 7) is 2.53. The summed E-state index contributed by atoms with van der Waals surface area (Å²) in [5.74, 6) is 0.825. The van der Waals surface area contributed by atoms with Crippen LogP contribution in [0.4, 0.5) is 0 Å². The summed E-state index contributed by atoms with van der Waals surface area (Å²) in [7, 11) is 0. The SMILES string of the molecule is CC[C@@H](O)c1ccc(OCc2ccc(I)cc2)cc1. The van der Waals surface area contributed by atoms with Gasteiger partial charge in [-0.25, -0.2) is 0 Å². The van der Waals surface area contributed by atoms with Gasteiger partial charge in [-0.2, -0.15) is 0 Å². The Labute approximate surface area is 127 Å². The van der Waals surface area contributed by atoms with Crippen LogP contribution in [0.1, 0.15) is 30.6 Å². The van der Waals surface area contributed by atoms with E-state index in [4.69, 9.17) is 4.74 Å². The Morgan fingerprint density at radius 1 is 1.05 bits per heavy atom. The summed E-state index contributed by atoms with van der Waals surface area (Å²) >= 11 is 2.29. The molecule has 0 aliphatic carbocycles.